The van der Waals surface area contributed by atoms with E-state index in [1.54, 1.807) is 31.4 Å². The minimum absolute atomic E-state index is 0.00148. The van der Waals surface area contributed by atoms with E-state index in [4.69, 9.17) is 21.9 Å². The largest absolute Gasteiger partial charge is 0.497 e. The lowest BCUT2D eigenvalue weighted by Gasteiger charge is -2.02. The van der Waals surface area contributed by atoms with E-state index in [0.29, 0.717) is 5.69 Å². The summed E-state index contributed by atoms with van der Waals surface area (Å²) in [4.78, 5) is 7.53. The summed E-state index contributed by atoms with van der Waals surface area (Å²) in [5, 5.41) is 7.92. The number of nitrogens with zero attached hydrogens (tertiary/aromatic N) is 4. The molecule has 6 N–H and O–H groups in total. The number of ether oxygens (including phenoxy) is 1. The van der Waals surface area contributed by atoms with Gasteiger partial charge in [0.1, 0.15) is 5.75 Å². The Kier molecular flexibility index (Phi) is 3.42. The molecule has 0 spiro atoms. The molecule has 2 aromatic rings. The van der Waals surface area contributed by atoms with Crippen molar-refractivity contribution in [2.24, 2.45) is 10.2 Å². The van der Waals surface area contributed by atoms with Crippen LogP contribution in [0.25, 0.3) is 0 Å². The highest BCUT2D eigenvalue weighted by molar-refractivity contribution is 5.71. The molecular formula is C11H13N7O. The van der Waals surface area contributed by atoms with Gasteiger partial charge in [-0.3, -0.25) is 0 Å². The molecule has 1 aromatic heterocycles. The Hall–Kier alpha value is -2.90. The normalized spacial score (nSPS) is 10.8. The summed E-state index contributed by atoms with van der Waals surface area (Å²) in [6.07, 6.45) is 0. The van der Waals surface area contributed by atoms with Gasteiger partial charge in [0, 0.05) is 0 Å². The van der Waals surface area contributed by atoms with Crippen molar-refractivity contribution in [3.63, 3.8) is 0 Å². The zero-order valence-electron chi connectivity index (χ0n) is 10.2. The Bertz CT molecular complexity index is 586. The molecular weight excluding hydrogens is 246 g/mol. The maximum absolute atomic E-state index is 5.65. The van der Waals surface area contributed by atoms with E-state index in [1.165, 1.54) is 0 Å². The van der Waals surface area contributed by atoms with Crippen molar-refractivity contribution >= 4 is 29.0 Å². The lowest BCUT2D eigenvalue weighted by Crippen LogP contribution is -2.03. The van der Waals surface area contributed by atoms with E-state index in [0.717, 1.165) is 5.75 Å². The van der Waals surface area contributed by atoms with E-state index >= 15 is 0 Å². The van der Waals surface area contributed by atoms with E-state index < -0.39 is 0 Å². The van der Waals surface area contributed by atoms with Crippen LogP contribution >= 0.6 is 0 Å². The number of nitrogens with two attached hydrogens (primary N) is 3. The monoisotopic (exact) mass is 259 g/mol. The molecule has 0 radical (unpaired) electrons. The topological polar surface area (TPSA) is 138 Å². The third-order valence-corrected chi connectivity index (χ3v) is 2.29. The standard InChI is InChI=1S/C11H13N7O/c1-19-7-4-2-6(3-5-7)17-18-8-9(12)15-11(14)16-10(8)13/h2-5H,1H3,(H6,12,13,14,15,16). The SMILES string of the molecule is COc1ccc(N=Nc2c(N)nc(N)nc2N)cc1. The molecule has 0 atom stereocenters. The second-order valence-corrected chi connectivity index (χ2v) is 3.60. The van der Waals surface area contributed by atoms with Gasteiger partial charge in [-0.1, -0.05) is 0 Å². The number of methoxy groups -OCH3 is 1. The van der Waals surface area contributed by atoms with Gasteiger partial charge in [0.25, 0.3) is 0 Å². The van der Waals surface area contributed by atoms with Crippen molar-refractivity contribution in [3.05, 3.63) is 24.3 Å². The predicted octanol–water partition coefficient (Wildman–Crippen LogP) is 1.65. The third kappa shape index (κ3) is 2.86. The smallest absolute Gasteiger partial charge is 0.224 e. The van der Waals surface area contributed by atoms with Crippen LogP contribution in [0.5, 0.6) is 5.75 Å². The lowest BCUT2D eigenvalue weighted by atomic mass is 10.3. The summed E-state index contributed by atoms with van der Waals surface area (Å²) in [7, 11) is 1.59. The van der Waals surface area contributed by atoms with Gasteiger partial charge in [-0.25, -0.2) is 0 Å². The summed E-state index contributed by atoms with van der Waals surface area (Å²) in [6.45, 7) is 0. The fourth-order valence-corrected chi connectivity index (χ4v) is 1.37. The van der Waals surface area contributed by atoms with Crippen LogP contribution in [0.3, 0.4) is 0 Å². The molecule has 0 amide bonds. The quantitative estimate of drug-likeness (QED) is 0.716. The average Bonchev–Trinajstić information content (AvgIpc) is 2.38. The van der Waals surface area contributed by atoms with Gasteiger partial charge in [-0.15, -0.1) is 5.11 Å². The van der Waals surface area contributed by atoms with E-state index in [1.807, 2.05) is 0 Å². The first-order chi connectivity index (χ1) is 9.10. The fraction of sp³-hybridized carbons (Fsp3) is 0.0909. The molecule has 0 aliphatic carbocycles. The highest BCUT2D eigenvalue weighted by Gasteiger charge is 2.07. The number of benzene rings is 1. The van der Waals surface area contributed by atoms with Crippen molar-refractivity contribution in [1.82, 2.24) is 9.97 Å². The first kappa shape index (κ1) is 12.6. The molecule has 8 heteroatoms. The van der Waals surface area contributed by atoms with Gasteiger partial charge in [0.2, 0.25) is 5.95 Å². The fourth-order valence-electron chi connectivity index (χ4n) is 1.37. The van der Waals surface area contributed by atoms with Crippen LogP contribution in [-0.4, -0.2) is 17.1 Å². The molecule has 2 rings (SSSR count). The van der Waals surface area contributed by atoms with Crippen LogP contribution in [0.15, 0.2) is 34.5 Å². The maximum Gasteiger partial charge on any atom is 0.224 e. The van der Waals surface area contributed by atoms with Crippen molar-refractivity contribution in [1.29, 1.82) is 0 Å². The zero-order chi connectivity index (χ0) is 13.8. The number of azo groups is 1. The molecule has 1 heterocycles. The van der Waals surface area contributed by atoms with Crippen LogP contribution in [0.1, 0.15) is 0 Å². The van der Waals surface area contributed by atoms with Gasteiger partial charge in [-0.2, -0.15) is 15.1 Å². The zero-order valence-corrected chi connectivity index (χ0v) is 10.2. The Labute approximate surface area is 109 Å². The predicted molar refractivity (Wildman–Crippen MR) is 72.4 cm³/mol. The second-order valence-electron chi connectivity index (χ2n) is 3.60. The summed E-state index contributed by atoms with van der Waals surface area (Å²) >= 11 is 0. The maximum atomic E-state index is 5.65. The molecule has 19 heavy (non-hydrogen) atoms. The van der Waals surface area contributed by atoms with Gasteiger partial charge < -0.3 is 21.9 Å². The minimum atomic E-state index is -0.00148. The number of anilines is 3. The average molecular weight is 259 g/mol. The summed E-state index contributed by atoms with van der Waals surface area (Å²) < 4.78 is 5.04. The Balaban J connectivity index is 2.27. The number of rotatable bonds is 3. The van der Waals surface area contributed by atoms with Crippen LogP contribution < -0.4 is 21.9 Å². The number of hydrogen-bond acceptors (Lipinski definition) is 8. The molecule has 0 saturated heterocycles. The van der Waals surface area contributed by atoms with Gasteiger partial charge >= 0.3 is 0 Å². The summed E-state index contributed by atoms with van der Waals surface area (Å²) in [5.74, 6) is 0.900. The van der Waals surface area contributed by atoms with E-state index in [9.17, 15) is 0 Å². The molecule has 0 bridgehead atoms. The molecule has 0 saturated carbocycles. The molecule has 0 aliphatic heterocycles. The van der Waals surface area contributed by atoms with E-state index in [2.05, 4.69) is 20.2 Å². The molecule has 0 unspecified atom stereocenters. The minimum Gasteiger partial charge on any atom is -0.497 e. The lowest BCUT2D eigenvalue weighted by molar-refractivity contribution is 0.415. The molecule has 0 fully saturated rings. The highest BCUT2D eigenvalue weighted by Crippen LogP contribution is 2.29. The number of nitrogen functional groups attached to an aromatic ring is 3. The first-order valence-corrected chi connectivity index (χ1v) is 5.34. The Morgan fingerprint density at radius 2 is 1.53 bits per heavy atom. The Morgan fingerprint density at radius 3 is 2.05 bits per heavy atom. The molecule has 0 aliphatic rings. The molecule has 98 valence electrons. The molecule has 8 nitrogen and oxygen atoms in total. The first-order valence-electron chi connectivity index (χ1n) is 5.34. The van der Waals surface area contributed by atoms with E-state index in [-0.39, 0.29) is 23.3 Å². The van der Waals surface area contributed by atoms with Crippen molar-refractivity contribution in [2.45, 2.75) is 0 Å². The van der Waals surface area contributed by atoms with Crippen molar-refractivity contribution in [3.8, 4) is 5.75 Å². The summed E-state index contributed by atoms with van der Waals surface area (Å²) in [6, 6.07) is 7.01. The highest BCUT2D eigenvalue weighted by atomic mass is 16.5. The third-order valence-electron chi connectivity index (χ3n) is 2.29. The molecule has 1 aromatic carbocycles. The van der Waals surface area contributed by atoms with Gasteiger partial charge in [0.05, 0.1) is 12.8 Å². The van der Waals surface area contributed by atoms with Gasteiger partial charge in [-0.05, 0) is 24.3 Å². The van der Waals surface area contributed by atoms with Gasteiger partial charge in [0.15, 0.2) is 17.3 Å². The summed E-state index contributed by atoms with van der Waals surface area (Å²) in [5.41, 5.74) is 17.5. The Morgan fingerprint density at radius 1 is 0.947 bits per heavy atom. The van der Waals surface area contributed by atoms with Crippen LogP contribution in [-0.2, 0) is 0 Å². The van der Waals surface area contributed by atoms with Crippen molar-refractivity contribution in [2.75, 3.05) is 24.3 Å². The van der Waals surface area contributed by atoms with Crippen LogP contribution in [0.2, 0.25) is 0 Å². The van der Waals surface area contributed by atoms with Crippen molar-refractivity contribution < 1.29 is 4.74 Å². The second kappa shape index (κ2) is 5.17. The number of hydrogen-bond donors (Lipinski definition) is 3. The number of aromatic nitrogens is 2. The van der Waals surface area contributed by atoms with Crippen LogP contribution in [0, 0.1) is 0 Å². The van der Waals surface area contributed by atoms with Crippen LogP contribution in [0.4, 0.5) is 29.0 Å².